The average molecular weight is 449 g/mol. The summed E-state index contributed by atoms with van der Waals surface area (Å²) in [7, 11) is -4.93. The molecule has 1 aromatic carbocycles. The van der Waals surface area contributed by atoms with Gasteiger partial charge in [0.25, 0.3) is 0 Å². The van der Waals surface area contributed by atoms with Gasteiger partial charge in [-0.05, 0) is 66.8 Å². The van der Waals surface area contributed by atoms with Crippen LogP contribution in [-0.2, 0) is 14.3 Å². The van der Waals surface area contributed by atoms with Crippen LogP contribution in [0.3, 0.4) is 0 Å². The molecule has 2 aliphatic rings. The molecule has 4 atom stereocenters. The van der Waals surface area contributed by atoms with Crippen LogP contribution in [0, 0.1) is 17.3 Å². The lowest BCUT2D eigenvalue weighted by Crippen LogP contribution is -2.48. The second-order valence-electron chi connectivity index (χ2n) is 9.71. The van der Waals surface area contributed by atoms with E-state index in [1.54, 1.807) is 24.3 Å². The quantitative estimate of drug-likeness (QED) is 0.315. The van der Waals surface area contributed by atoms with E-state index in [2.05, 4.69) is 40.7 Å². The van der Waals surface area contributed by atoms with Crippen molar-refractivity contribution in [2.75, 3.05) is 5.75 Å². The van der Waals surface area contributed by atoms with Gasteiger partial charge in [0.1, 0.15) is 0 Å². The Labute approximate surface area is 185 Å². The second-order valence-corrected chi connectivity index (χ2v) is 16.5. The first-order chi connectivity index (χ1) is 14.2. The molecule has 0 radical (unpaired) electrons. The monoisotopic (exact) mass is 448 g/mol. The number of hydrogen-bond donors (Lipinski definition) is 0. The fourth-order valence-corrected chi connectivity index (χ4v) is 10.6. The van der Waals surface area contributed by atoms with Crippen molar-refractivity contribution in [1.29, 1.82) is 0 Å². The summed E-state index contributed by atoms with van der Waals surface area (Å²) in [6, 6.07) is 12.5. The molecule has 0 spiro atoms. The summed E-state index contributed by atoms with van der Waals surface area (Å²) in [6.45, 7) is 11.4. The van der Waals surface area contributed by atoms with E-state index in [9.17, 15) is 8.42 Å². The summed E-state index contributed by atoms with van der Waals surface area (Å²) in [5, 5.41) is 0. The summed E-state index contributed by atoms with van der Waals surface area (Å²) in [5.41, 5.74) is 1.43. The topological polar surface area (TPSA) is 43.4 Å². The summed E-state index contributed by atoms with van der Waals surface area (Å²) in [4.78, 5) is 0.437. The molecule has 5 heteroatoms. The second kappa shape index (κ2) is 9.29. The molecule has 3 rings (SSSR count). The molecule has 0 N–H and O–H groups in total. The molecule has 0 aromatic heterocycles. The van der Waals surface area contributed by atoms with E-state index >= 15 is 0 Å². The molecule has 2 aliphatic carbocycles. The van der Waals surface area contributed by atoms with Crippen LogP contribution in [0.15, 0.2) is 46.9 Å². The van der Waals surface area contributed by atoms with Crippen molar-refractivity contribution in [3.63, 3.8) is 0 Å². The largest absolute Gasteiger partial charge is 0.414 e. The van der Waals surface area contributed by atoms with Crippen LogP contribution in [0.1, 0.15) is 60.3 Å². The highest BCUT2D eigenvalue weighted by Gasteiger charge is 2.50. The number of hydrogen-bond acceptors (Lipinski definition) is 3. The molecule has 3 nitrogen and oxygen atoms in total. The molecule has 0 amide bonds. The first-order valence-corrected chi connectivity index (χ1v) is 16.1. The van der Waals surface area contributed by atoms with E-state index in [1.807, 2.05) is 6.07 Å². The maximum absolute atomic E-state index is 13.0. The van der Waals surface area contributed by atoms with Gasteiger partial charge in [-0.1, -0.05) is 70.9 Å². The molecule has 30 heavy (non-hydrogen) atoms. The molecule has 0 bridgehead atoms. The van der Waals surface area contributed by atoms with Gasteiger partial charge in [0.15, 0.2) is 18.2 Å². The molecule has 1 aromatic rings. The van der Waals surface area contributed by atoms with Crippen LogP contribution in [-0.4, -0.2) is 28.6 Å². The lowest BCUT2D eigenvalue weighted by Gasteiger charge is -2.47. The Kier molecular flexibility index (Phi) is 7.36. The third-order valence-corrected chi connectivity index (χ3v) is 14.7. The number of benzene rings is 1. The third-order valence-electron chi connectivity index (χ3n) is 8.14. The van der Waals surface area contributed by atoms with Crippen molar-refractivity contribution >= 4 is 18.2 Å². The summed E-state index contributed by atoms with van der Waals surface area (Å²) < 4.78 is 33.0. The van der Waals surface area contributed by atoms with Gasteiger partial charge in [0.05, 0.1) is 10.6 Å². The van der Waals surface area contributed by atoms with E-state index in [0.717, 1.165) is 19.3 Å². The molecule has 1 saturated carbocycles. The predicted molar refractivity (Wildman–Crippen MR) is 128 cm³/mol. The summed E-state index contributed by atoms with van der Waals surface area (Å²) in [6.07, 6.45) is 7.22. The molecule has 1 fully saturated rings. The molecule has 0 aliphatic heterocycles. The van der Waals surface area contributed by atoms with Crippen molar-refractivity contribution in [3.8, 4) is 0 Å². The van der Waals surface area contributed by atoms with Crippen molar-refractivity contribution in [2.45, 2.75) is 89.4 Å². The van der Waals surface area contributed by atoms with E-state index in [4.69, 9.17) is 4.43 Å². The fraction of sp³-hybridized carbons (Fsp3) is 0.680. The highest BCUT2D eigenvalue weighted by molar-refractivity contribution is 7.91. The van der Waals surface area contributed by atoms with Gasteiger partial charge in [0, 0.05) is 6.10 Å². The van der Waals surface area contributed by atoms with Crippen LogP contribution in [0.4, 0.5) is 0 Å². The van der Waals surface area contributed by atoms with Crippen molar-refractivity contribution in [1.82, 2.24) is 0 Å². The van der Waals surface area contributed by atoms with Crippen molar-refractivity contribution in [2.24, 2.45) is 17.3 Å². The Bertz CT molecular complexity index is 836. The molecule has 0 heterocycles. The lowest BCUT2D eigenvalue weighted by atomic mass is 9.63. The van der Waals surface area contributed by atoms with Gasteiger partial charge in [-0.15, -0.1) is 0 Å². The van der Waals surface area contributed by atoms with Gasteiger partial charge in [-0.2, -0.15) is 0 Å². The SMILES string of the molecule is CC[Si](CC)(CC)O[C@H]1CCC[C@]2(C)C([C@H](C)CS(=O)(=O)c3ccccc3)=CC[C@@H]12. The standard InChI is InChI=1S/C25H40O3SSi/c1-6-30(7-2,8-3)28-24-15-12-18-25(5)22(16-17-23(24)25)20(4)19-29(26,27)21-13-10-9-11-14-21/h9-11,13-14,16,20,23-24H,6-8,12,15,17-19H2,1-5H3/t20-,23+,24+,25-/m1/s1. The molecular formula is C25H40O3SSi. The normalized spacial score (nSPS) is 28.1. The van der Waals surface area contributed by atoms with Crippen LogP contribution >= 0.6 is 0 Å². The maximum Gasteiger partial charge on any atom is 0.192 e. The van der Waals surface area contributed by atoms with Crippen LogP contribution < -0.4 is 0 Å². The van der Waals surface area contributed by atoms with Gasteiger partial charge in [-0.3, -0.25) is 0 Å². The van der Waals surface area contributed by atoms with E-state index in [1.165, 1.54) is 30.1 Å². The minimum atomic E-state index is -3.28. The Morgan fingerprint density at radius 3 is 2.37 bits per heavy atom. The predicted octanol–water partition coefficient (Wildman–Crippen LogP) is 6.62. The summed E-state index contributed by atoms with van der Waals surface area (Å²) in [5.74, 6) is 0.725. The third kappa shape index (κ3) is 4.49. The smallest absolute Gasteiger partial charge is 0.192 e. The average Bonchev–Trinajstić information content (AvgIpc) is 3.10. The van der Waals surface area contributed by atoms with Gasteiger partial charge < -0.3 is 4.43 Å². The van der Waals surface area contributed by atoms with Gasteiger partial charge in [0.2, 0.25) is 0 Å². The van der Waals surface area contributed by atoms with Gasteiger partial charge >= 0.3 is 0 Å². The number of allylic oxidation sites excluding steroid dienone is 2. The fourth-order valence-electron chi connectivity index (χ4n) is 6.09. The van der Waals surface area contributed by atoms with E-state index < -0.39 is 18.2 Å². The number of sulfone groups is 1. The van der Waals surface area contributed by atoms with Crippen molar-refractivity contribution in [3.05, 3.63) is 42.0 Å². The zero-order chi connectivity index (χ0) is 22.0. The highest BCUT2D eigenvalue weighted by Crippen LogP contribution is 2.56. The van der Waals surface area contributed by atoms with Gasteiger partial charge in [-0.25, -0.2) is 8.42 Å². The van der Waals surface area contributed by atoms with Crippen LogP contribution in [0.5, 0.6) is 0 Å². The first-order valence-electron chi connectivity index (χ1n) is 11.9. The molecular weight excluding hydrogens is 408 g/mol. The van der Waals surface area contributed by atoms with Crippen molar-refractivity contribution < 1.29 is 12.8 Å². The Morgan fingerprint density at radius 1 is 1.13 bits per heavy atom. The highest BCUT2D eigenvalue weighted by atomic mass is 32.2. The zero-order valence-corrected chi connectivity index (χ0v) is 21.3. The van der Waals surface area contributed by atoms with Crippen LogP contribution in [0.25, 0.3) is 0 Å². The summed E-state index contributed by atoms with van der Waals surface area (Å²) >= 11 is 0. The van der Waals surface area contributed by atoms with E-state index in [-0.39, 0.29) is 17.1 Å². The Morgan fingerprint density at radius 2 is 1.77 bits per heavy atom. The zero-order valence-electron chi connectivity index (χ0n) is 19.5. The molecule has 0 saturated heterocycles. The lowest BCUT2D eigenvalue weighted by molar-refractivity contribution is 0.0181. The first kappa shape index (κ1) is 23.7. The Balaban J connectivity index is 1.77. The number of fused-ring (bicyclic) bond motifs is 1. The molecule has 0 unspecified atom stereocenters. The van der Waals surface area contributed by atoms with E-state index in [0.29, 0.717) is 16.9 Å². The van der Waals surface area contributed by atoms with Crippen LogP contribution in [0.2, 0.25) is 18.1 Å². The number of rotatable bonds is 9. The minimum absolute atomic E-state index is 0.0366. The minimum Gasteiger partial charge on any atom is -0.414 e. The molecule has 168 valence electrons. The maximum atomic E-state index is 13.0. The Hall–Kier alpha value is -0.913.